The van der Waals surface area contributed by atoms with Crippen molar-refractivity contribution in [1.29, 1.82) is 0 Å². The molecule has 0 spiro atoms. The zero-order valence-electron chi connectivity index (χ0n) is 10.2. The Bertz CT molecular complexity index is 357. The van der Waals surface area contributed by atoms with E-state index in [-0.39, 0.29) is 5.78 Å². The quantitative estimate of drug-likeness (QED) is 0.394. The van der Waals surface area contributed by atoms with Crippen LogP contribution in [0.25, 0.3) is 0 Å². The zero-order chi connectivity index (χ0) is 12.0. The molecule has 0 fully saturated rings. The lowest BCUT2D eigenvalue weighted by Crippen LogP contribution is -1.95. The number of carbonyl (C=O) groups is 1. The van der Waals surface area contributed by atoms with Crippen LogP contribution < -0.4 is 0 Å². The van der Waals surface area contributed by atoms with Gasteiger partial charge in [-0.05, 0) is 50.0 Å². The summed E-state index contributed by atoms with van der Waals surface area (Å²) in [4.78, 5) is 15.1. The van der Waals surface area contributed by atoms with E-state index in [0.29, 0.717) is 0 Å². The average molecular weight is 205 g/mol. The van der Waals surface area contributed by atoms with Gasteiger partial charge in [0.1, 0.15) is 0 Å². The predicted molar refractivity (Wildman–Crippen MR) is 66.4 cm³/mol. The normalized spacial score (nSPS) is 14.1. The molecule has 0 radical (unpaired) electrons. The fourth-order valence-corrected chi connectivity index (χ4v) is 1.18. The second-order valence-corrected chi connectivity index (χ2v) is 3.65. The summed E-state index contributed by atoms with van der Waals surface area (Å²) in [5.74, 6) is 0.0869. The van der Waals surface area contributed by atoms with E-state index in [1.165, 1.54) is 0 Å². The first-order valence-electron chi connectivity index (χ1n) is 4.88. The van der Waals surface area contributed by atoms with E-state index in [0.717, 1.165) is 22.3 Å². The van der Waals surface area contributed by atoms with Crippen LogP contribution in [0.1, 0.15) is 27.7 Å². The maximum atomic E-state index is 11.1. The molecule has 0 aliphatic carbocycles. The van der Waals surface area contributed by atoms with Crippen LogP contribution in [0.4, 0.5) is 0 Å². The molecule has 0 aromatic heterocycles. The second-order valence-electron chi connectivity index (χ2n) is 3.65. The average Bonchev–Trinajstić information content (AvgIpc) is 2.12. The van der Waals surface area contributed by atoms with Crippen molar-refractivity contribution in [3.63, 3.8) is 0 Å². The van der Waals surface area contributed by atoms with Crippen molar-refractivity contribution >= 4 is 12.0 Å². The molecule has 0 aromatic rings. The Morgan fingerprint density at radius 2 is 1.73 bits per heavy atom. The molecule has 2 heteroatoms. The first kappa shape index (κ1) is 13.6. The highest BCUT2D eigenvalue weighted by molar-refractivity contribution is 5.94. The molecule has 0 amide bonds. The molecule has 0 rings (SSSR count). The van der Waals surface area contributed by atoms with Crippen molar-refractivity contribution < 1.29 is 4.79 Å². The lowest BCUT2D eigenvalue weighted by molar-refractivity contribution is -0.113. The molecule has 0 bridgehead atoms. The maximum Gasteiger partial charge on any atom is 0.155 e. The van der Waals surface area contributed by atoms with Crippen LogP contribution in [-0.4, -0.2) is 19.0 Å². The predicted octanol–water partition coefficient (Wildman–Crippen LogP) is 3.11. The Morgan fingerprint density at radius 3 is 2.07 bits per heavy atom. The Kier molecular flexibility index (Phi) is 5.53. The number of carbonyl (C=O) groups excluding carboxylic acids is 1. The van der Waals surface area contributed by atoms with E-state index < -0.39 is 0 Å². The van der Waals surface area contributed by atoms with E-state index in [9.17, 15) is 4.79 Å². The van der Waals surface area contributed by atoms with E-state index >= 15 is 0 Å². The van der Waals surface area contributed by atoms with Crippen molar-refractivity contribution in [3.05, 3.63) is 34.9 Å². The van der Waals surface area contributed by atoms with Crippen LogP contribution >= 0.6 is 0 Å². The van der Waals surface area contributed by atoms with Crippen LogP contribution in [0, 0.1) is 0 Å². The first-order chi connectivity index (χ1) is 6.90. The van der Waals surface area contributed by atoms with Gasteiger partial charge in [-0.1, -0.05) is 12.7 Å². The van der Waals surface area contributed by atoms with E-state index in [4.69, 9.17) is 0 Å². The molecule has 0 N–H and O–H groups in total. The topological polar surface area (TPSA) is 29.4 Å². The van der Waals surface area contributed by atoms with Crippen LogP contribution in [0.2, 0.25) is 0 Å². The summed E-state index contributed by atoms with van der Waals surface area (Å²) >= 11 is 0. The van der Waals surface area contributed by atoms with Crippen LogP contribution in [-0.2, 0) is 4.79 Å². The molecule has 82 valence electrons. The number of hydrogen-bond acceptors (Lipinski definition) is 2. The molecule has 15 heavy (non-hydrogen) atoms. The van der Waals surface area contributed by atoms with E-state index in [1.54, 1.807) is 20.2 Å². The van der Waals surface area contributed by atoms with Crippen LogP contribution in [0.3, 0.4) is 0 Å². The van der Waals surface area contributed by atoms with Gasteiger partial charge in [0, 0.05) is 13.3 Å². The first-order valence-corrected chi connectivity index (χ1v) is 4.88. The number of Topliss-reactive ketones (excluding diaryl/α,β-unsaturated/α-hetero) is 1. The van der Waals surface area contributed by atoms with Gasteiger partial charge < -0.3 is 0 Å². The molecular formula is C13H19NO. The van der Waals surface area contributed by atoms with Crippen molar-refractivity contribution in [3.8, 4) is 0 Å². The van der Waals surface area contributed by atoms with Gasteiger partial charge >= 0.3 is 0 Å². The summed E-state index contributed by atoms with van der Waals surface area (Å²) in [6, 6.07) is 0. The number of aliphatic imine (C=N–C) groups is 1. The minimum absolute atomic E-state index is 0.0869. The lowest BCUT2D eigenvalue weighted by Gasteiger charge is -2.04. The van der Waals surface area contributed by atoms with Crippen molar-refractivity contribution in [2.45, 2.75) is 27.7 Å². The molecular weight excluding hydrogens is 186 g/mol. The largest absolute Gasteiger partial charge is 0.296 e. The maximum absolute atomic E-state index is 11.1. The fraction of sp³-hybridized carbons (Fsp3) is 0.385. The molecule has 0 saturated heterocycles. The second kappa shape index (κ2) is 6.12. The summed E-state index contributed by atoms with van der Waals surface area (Å²) in [6.45, 7) is 11.1. The number of rotatable bonds is 4. The van der Waals surface area contributed by atoms with Crippen LogP contribution in [0.5, 0.6) is 0 Å². The van der Waals surface area contributed by atoms with Crippen molar-refractivity contribution in [2.75, 3.05) is 7.05 Å². The SMILES string of the molecule is C=C(C)/C(C=NC)=C(C)/C=C(\C)C(C)=O. The van der Waals surface area contributed by atoms with Crippen LogP contribution in [0.15, 0.2) is 39.9 Å². The minimum atomic E-state index is 0.0869. The summed E-state index contributed by atoms with van der Waals surface area (Å²) in [5, 5.41) is 0. The summed E-state index contributed by atoms with van der Waals surface area (Å²) < 4.78 is 0. The number of hydrogen-bond donors (Lipinski definition) is 0. The molecule has 0 heterocycles. The molecule has 0 saturated carbocycles. The lowest BCUT2D eigenvalue weighted by atomic mass is 10.0. The highest BCUT2D eigenvalue weighted by Crippen LogP contribution is 2.13. The summed E-state index contributed by atoms with van der Waals surface area (Å²) in [5.41, 5.74) is 3.69. The highest BCUT2D eigenvalue weighted by Gasteiger charge is 2.01. The minimum Gasteiger partial charge on any atom is -0.296 e. The van der Waals surface area contributed by atoms with Gasteiger partial charge in [-0.25, -0.2) is 0 Å². The Morgan fingerprint density at radius 1 is 1.20 bits per heavy atom. The van der Waals surface area contributed by atoms with Gasteiger partial charge in [-0.3, -0.25) is 9.79 Å². The molecule has 0 unspecified atom stereocenters. The molecule has 0 aromatic carbocycles. The standard InChI is InChI=1S/C13H19NO/c1-9(2)13(8-14-6)11(4)7-10(3)12(5)15/h7-8H,1H2,2-6H3/b10-7+,13-11+,14-8?. The highest BCUT2D eigenvalue weighted by atomic mass is 16.1. The molecule has 0 aliphatic heterocycles. The molecule has 0 atom stereocenters. The Hall–Kier alpha value is -1.44. The summed E-state index contributed by atoms with van der Waals surface area (Å²) in [6.07, 6.45) is 3.63. The third-order valence-corrected chi connectivity index (χ3v) is 2.13. The zero-order valence-corrected chi connectivity index (χ0v) is 10.2. The Balaban J connectivity index is 5.30. The van der Waals surface area contributed by atoms with Gasteiger partial charge in [0.05, 0.1) is 0 Å². The Labute approximate surface area is 92.1 Å². The van der Waals surface area contributed by atoms with E-state index in [1.807, 2.05) is 26.8 Å². The van der Waals surface area contributed by atoms with Crippen molar-refractivity contribution in [1.82, 2.24) is 0 Å². The van der Waals surface area contributed by atoms with Crippen molar-refractivity contribution in [2.24, 2.45) is 4.99 Å². The third kappa shape index (κ3) is 4.54. The molecule has 2 nitrogen and oxygen atoms in total. The number of nitrogens with zero attached hydrogens (tertiary/aromatic N) is 1. The molecule has 0 aliphatic rings. The van der Waals surface area contributed by atoms with Gasteiger partial charge in [0.2, 0.25) is 0 Å². The van der Waals surface area contributed by atoms with Gasteiger partial charge in [0.15, 0.2) is 5.78 Å². The number of ketones is 1. The van der Waals surface area contributed by atoms with Gasteiger partial charge in [0.25, 0.3) is 0 Å². The summed E-state index contributed by atoms with van der Waals surface area (Å²) in [7, 11) is 1.72. The smallest absolute Gasteiger partial charge is 0.155 e. The monoisotopic (exact) mass is 205 g/mol. The van der Waals surface area contributed by atoms with Gasteiger partial charge in [-0.2, -0.15) is 0 Å². The van der Waals surface area contributed by atoms with E-state index in [2.05, 4.69) is 11.6 Å². The fourth-order valence-electron chi connectivity index (χ4n) is 1.18. The van der Waals surface area contributed by atoms with Gasteiger partial charge in [-0.15, -0.1) is 0 Å². The number of allylic oxidation sites excluding steroid dienone is 5. The third-order valence-electron chi connectivity index (χ3n) is 2.13.